The summed E-state index contributed by atoms with van der Waals surface area (Å²) in [6, 6.07) is 4.72. The summed E-state index contributed by atoms with van der Waals surface area (Å²) in [5.41, 5.74) is 0. The molecule has 1 saturated heterocycles. The Morgan fingerprint density at radius 3 is 2.53 bits per heavy atom. The summed E-state index contributed by atoms with van der Waals surface area (Å²) in [5.74, 6) is 1.28. The van der Waals surface area contributed by atoms with Gasteiger partial charge in [-0.15, -0.1) is 0 Å². The average Bonchev–Trinajstić information content (AvgIpc) is 2.73. The van der Waals surface area contributed by atoms with E-state index in [1.165, 1.54) is 0 Å². The van der Waals surface area contributed by atoms with Crippen LogP contribution in [0.1, 0.15) is 30.2 Å². The molecule has 0 saturated carbocycles. The molecule has 0 aliphatic carbocycles. The molecule has 0 aromatic carbocycles. The minimum absolute atomic E-state index is 0.412. The van der Waals surface area contributed by atoms with E-state index in [1.54, 1.807) is 6.07 Å². The molecule has 4 nitrogen and oxygen atoms in total. The number of hydrogen-bond donors (Lipinski definition) is 0. The maximum Gasteiger partial charge on any atom is 0.185 e. The van der Waals surface area contributed by atoms with Crippen LogP contribution in [0.25, 0.3) is 0 Å². The van der Waals surface area contributed by atoms with E-state index < -0.39 is 0 Å². The van der Waals surface area contributed by atoms with Crippen molar-refractivity contribution in [3.63, 3.8) is 0 Å². The van der Waals surface area contributed by atoms with Crippen LogP contribution < -0.4 is 0 Å². The van der Waals surface area contributed by atoms with Gasteiger partial charge in [0.25, 0.3) is 0 Å². The molecule has 0 N–H and O–H groups in total. The Bertz CT molecular complexity index is 377. The number of nitrogens with zero attached hydrogens (tertiary/aromatic N) is 2. The van der Waals surface area contributed by atoms with Crippen molar-refractivity contribution in [3.05, 3.63) is 23.7 Å². The van der Waals surface area contributed by atoms with Crippen LogP contribution in [0, 0.1) is 0 Å². The molecule has 2 heterocycles. The lowest BCUT2D eigenvalue weighted by atomic mass is 10.1. The minimum Gasteiger partial charge on any atom is -0.457 e. The molecule has 0 bridgehead atoms. The van der Waals surface area contributed by atoms with Crippen LogP contribution in [-0.4, -0.2) is 48.3 Å². The van der Waals surface area contributed by atoms with E-state index >= 15 is 0 Å². The molecule has 94 valence electrons. The van der Waals surface area contributed by atoms with E-state index in [0.29, 0.717) is 17.8 Å². The number of aldehydes is 1. The van der Waals surface area contributed by atoms with Gasteiger partial charge in [-0.1, -0.05) is 0 Å². The maximum atomic E-state index is 10.5. The molecule has 2 unspecified atom stereocenters. The summed E-state index contributed by atoms with van der Waals surface area (Å²) in [6.07, 6.45) is 0.749. The first-order chi connectivity index (χ1) is 8.10. The molecule has 0 spiro atoms. The van der Waals surface area contributed by atoms with E-state index in [1.807, 2.05) is 6.07 Å². The molecule has 1 aromatic heterocycles. The lowest BCUT2D eigenvalue weighted by Crippen LogP contribution is -2.54. The number of hydrogen-bond acceptors (Lipinski definition) is 4. The summed E-state index contributed by atoms with van der Waals surface area (Å²) in [4.78, 5) is 15.3. The van der Waals surface area contributed by atoms with Crippen molar-refractivity contribution in [2.45, 2.75) is 32.5 Å². The van der Waals surface area contributed by atoms with Gasteiger partial charge in [0.15, 0.2) is 12.0 Å². The minimum atomic E-state index is 0.412. The Labute approximate surface area is 102 Å². The van der Waals surface area contributed by atoms with Gasteiger partial charge in [0.2, 0.25) is 0 Å². The zero-order valence-electron chi connectivity index (χ0n) is 10.7. The van der Waals surface area contributed by atoms with Gasteiger partial charge in [-0.2, -0.15) is 0 Å². The molecule has 1 aliphatic heterocycles. The van der Waals surface area contributed by atoms with E-state index in [-0.39, 0.29) is 0 Å². The second kappa shape index (κ2) is 5.02. The third-order valence-electron chi connectivity index (χ3n) is 3.61. The fourth-order valence-electron chi connectivity index (χ4n) is 2.41. The highest BCUT2D eigenvalue weighted by Crippen LogP contribution is 2.16. The van der Waals surface area contributed by atoms with Crippen molar-refractivity contribution in [2.75, 3.05) is 20.1 Å². The molecule has 1 aromatic rings. The van der Waals surface area contributed by atoms with Crippen molar-refractivity contribution in [3.8, 4) is 0 Å². The van der Waals surface area contributed by atoms with Gasteiger partial charge in [-0.05, 0) is 33.0 Å². The summed E-state index contributed by atoms with van der Waals surface area (Å²) >= 11 is 0. The Hall–Kier alpha value is -1.13. The van der Waals surface area contributed by atoms with Gasteiger partial charge < -0.3 is 4.42 Å². The van der Waals surface area contributed by atoms with Crippen LogP contribution in [0.2, 0.25) is 0 Å². The standard InChI is InChI=1S/C13H20N2O2/c1-10-6-15(7-11(2)14(10)3)8-12-4-5-13(9-16)17-12/h4-5,9-11H,6-8H2,1-3H3. The van der Waals surface area contributed by atoms with Gasteiger partial charge in [0.1, 0.15) is 5.76 Å². The highest BCUT2D eigenvalue weighted by Gasteiger charge is 2.26. The fourth-order valence-corrected chi connectivity index (χ4v) is 2.41. The number of rotatable bonds is 3. The maximum absolute atomic E-state index is 10.5. The van der Waals surface area contributed by atoms with Crippen molar-refractivity contribution in [2.24, 2.45) is 0 Å². The van der Waals surface area contributed by atoms with E-state index in [9.17, 15) is 4.79 Å². The Morgan fingerprint density at radius 2 is 2.00 bits per heavy atom. The summed E-state index contributed by atoms with van der Waals surface area (Å²) in [6.45, 7) is 7.34. The van der Waals surface area contributed by atoms with Gasteiger partial charge in [-0.25, -0.2) is 0 Å². The predicted octanol–water partition coefficient (Wildman–Crippen LogP) is 1.62. The highest BCUT2D eigenvalue weighted by atomic mass is 16.3. The van der Waals surface area contributed by atoms with E-state index in [4.69, 9.17) is 4.42 Å². The molecule has 1 fully saturated rings. The molecule has 2 rings (SSSR count). The first-order valence-electron chi connectivity index (χ1n) is 6.08. The lowest BCUT2D eigenvalue weighted by Gasteiger charge is -2.42. The van der Waals surface area contributed by atoms with Crippen LogP contribution in [0.5, 0.6) is 0 Å². The zero-order chi connectivity index (χ0) is 12.4. The summed E-state index contributed by atoms with van der Waals surface area (Å²) in [5, 5.41) is 0. The number of furan rings is 1. The Balaban J connectivity index is 1.97. The fraction of sp³-hybridized carbons (Fsp3) is 0.615. The van der Waals surface area contributed by atoms with Crippen molar-refractivity contribution in [1.82, 2.24) is 9.80 Å². The van der Waals surface area contributed by atoms with Crippen LogP contribution in [0.3, 0.4) is 0 Å². The largest absolute Gasteiger partial charge is 0.457 e. The Kier molecular flexibility index (Phi) is 3.64. The SMILES string of the molecule is CC1CN(Cc2ccc(C=O)o2)CC(C)N1C. The summed E-state index contributed by atoms with van der Waals surface area (Å²) < 4.78 is 5.41. The third kappa shape index (κ3) is 2.76. The number of carbonyl (C=O) groups excluding carboxylic acids is 1. The predicted molar refractivity (Wildman–Crippen MR) is 66.1 cm³/mol. The topological polar surface area (TPSA) is 36.7 Å². The van der Waals surface area contributed by atoms with Gasteiger partial charge in [0.05, 0.1) is 6.54 Å². The molecule has 17 heavy (non-hydrogen) atoms. The Morgan fingerprint density at radius 1 is 1.35 bits per heavy atom. The van der Waals surface area contributed by atoms with Crippen LogP contribution in [-0.2, 0) is 6.54 Å². The molecular weight excluding hydrogens is 216 g/mol. The van der Waals surface area contributed by atoms with Crippen molar-refractivity contribution in [1.29, 1.82) is 0 Å². The smallest absolute Gasteiger partial charge is 0.185 e. The van der Waals surface area contributed by atoms with Gasteiger partial charge >= 0.3 is 0 Å². The lowest BCUT2D eigenvalue weighted by molar-refractivity contribution is 0.0516. The quantitative estimate of drug-likeness (QED) is 0.747. The van der Waals surface area contributed by atoms with Crippen LogP contribution in [0.4, 0.5) is 0 Å². The number of carbonyl (C=O) groups is 1. The monoisotopic (exact) mass is 236 g/mol. The third-order valence-corrected chi connectivity index (χ3v) is 3.61. The molecule has 2 atom stereocenters. The second-order valence-corrected chi connectivity index (χ2v) is 4.98. The second-order valence-electron chi connectivity index (χ2n) is 4.98. The molecule has 0 radical (unpaired) electrons. The zero-order valence-corrected chi connectivity index (χ0v) is 10.7. The highest BCUT2D eigenvalue weighted by molar-refractivity contribution is 5.70. The molecule has 0 amide bonds. The van der Waals surface area contributed by atoms with Crippen molar-refractivity contribution >= 4 is 6.29 Å². The molecular formula is C13H20N2O2. The summed E-state index contributed by atoms with van der Waals surface area (Å²) in [7, 11) is 2.17. The van der Waals surface area contributed by atoms with Crippen LogP contribution in [0.15, 0.2) is 16.5 Å². The molecule has 1 aliphatic rings. The average molecular weight is 236 g/mol. The first-order valence-corrected chi connectivity index (χ1v) is 6.08. The molecule has 4 heteroatoms. The number of likely N-dealkylation sites (N-methyl/N-ethyl adjacent to an activating group) is 1. The van der Waals surface area contributed by atoms with Gasteiger partial charge in [0, 0.05) is 25.2 Å². The van der Waals surface area contributed by atoms with E-state index in [2.05, 4.69) is 30.7 Å². The van der Waals surface area contributed by atoms with E-state index in [0.717, 1.165) is 31.7 Å². The first kappa shape index (κ1) is 12.3. The van der Waals surface area contributed by atoms with Crippen LogP contribution >= 0.6 is 0 Å². The normalized spacial score (nSPS) is 27.2. The van der Waals surface area contributed by atoms with Gasteiger partial charge in [-0.3, -0.25) is 14.6 Å². The van der Waals surface area contributed by atoms with Crippen molar-refractivity contribution < 1.29 is 9.21 Å². The number of piperazine rings is 1.